The SMILES string of the molecule is CCCCCCCCCCCCc1ccc(S(=O)(=O)N[C@@H](Cc2ccc(OP(=O)(O)C(F)F)cc2)C(=O)NCCCCOc2cccc(O)c2C(=O)OC)cc1. The third-order valence-electron chi connectivity index (χ3n) is 9.03. The monoisotopic (exact) mass is 824 g/mol. The lowest BCUT2D eigenvalue weighted by Crippen LogP contribution is -2.48. The van der Waals surface area contributed by atoms with Crippen LogP contribution in [0.3, 0.4) is 0 Å². The lowest BCUT2D eigenvalue weighted by atomic mass is 10.0. The molecule has 0 aromatic heterocycles. The fourth-order valence-corrected chi connectivity index (χ4v) is 7.60. The number of phenols is 1. The first-order valence-electron chi connectivity index (χ1n) is 19.1. The lowest BCUT2D eigenvalue weighted by Gasteiger charge is -2.19. The maximum Gasteiger partial charge on any atom is 0.442 e. The van der Waals surface area contributed by atoms with Gasteiger partial charge in [-0.1, -0.05) is 95.0 Å². The smallest absolute Gasteiger partial charge is 0.442 e. The lowest BCUT2D eigenvalue weighted by molar-refractivity contribution is -0.122. The molecule has 0 saturated heterocycles. The van der Waals surface area contributed by atoms with Crippen molar-refractivity contribution >= 4 is 29.5 Å². The van der Waals surface area contributed by atoms with Crippen LogP contribution in [0.2, 0.25) is 0 Å². The number of aromatic hydroxyl groups is 1. The van der Waals surface area contributed by atoms with Gasteiger partial charge in [0.15, 0.2) is 0 Å². The Morgan fingerprint density at radius 2 is 1.43 bits per heavy atom. The number of aryl methyl sites for hydroxylation is 1. The van der Waals surface area contributed by atoms with E-state index in [2.05, 4.69) is 21.5 Å². The van der Waals surface area contributed by atoms with Gasteiger partial charge in [-0.25, -0.2) is 17.8 Å². The van der Waals surface area contributed by atoms with E-state index in [4.69, 9.17) is 9.47 Å². The normalized spacial score (nSPS) is 13.2. The number of benzene rings is 3. The summed E-state index contributed by atoms with van der Waals surface area (Å²) in [4.78, 5) is 34.8. The second-order valence-electron chi connectivity index (χ2n) is 13.5. The summed E-state index contributed by atoms with van der Waals surface area (Å²) in [5, 5.41) is 12.8. The summed E-state index contributed by atoms with van der Waals surface area (Å²) in [5.74, 6) is -1.85. The van der Waals surface area contributed by atoms with E-state index in [-0.39, 0.29) is 47.3 Å². The van der Waals surface area contributed by atoms with Gasteiger partial charge in [0.1, 0.15) is 28.9 Å². The number of ether oxygens (including phenoxy) is 2. The van der Waals surface area contributed by atoms with Crippen LogP contribution in [-0.4, -0.2) is 62.8 Å². The van der Waals surface area contributed by atoms with Gasteiger partial charge in [0.2, 0.25) is 15.9 Å². The third-order valence-corrected chi connectivity index (χ3v) is 11.5. The molecule has 1 unspecified atom stereocenters. The van der Waals surface area contributed by atoms with E-state index in [0.29, 0.717) is 18.4 Å². The highest BCUT2D eigenvalue weighted by Crippen LogP contribution is 2.49. The molecule has 0 spiro atoms. The molecule has 56 heavy (non-hydrogen) atoms. The number of alkyl halides is 2. The maximum absolute atomic E-state index is 13.5. The van der Waals surface area contributed by atoms with Gasteiger partial charge in [0, 0.05) is 6.54 Å². The van der Waals surface area contributed by atoms with Gasteiger partial charge in [-0.2, -0.15) is 13.5 Å². The summed E-state index contributed by atoms with van der Waals surface area (Å²) in [7, 11) is -8.21. The van der Waals surface area contributed by atoms with Gasteiger partial charge in [-0.3, -0.25) is 4.79 Å². The molecule has 310 valence electrons. The molecular formula is C40H55F2N2O10PS. The highest BCUT2D eigenvalue weighted by molar-refractivity contribution is 7.89. The molecule has 0 aliphatic carbocycles. The van der Waals surface area contributed by atoms with Crippen LogP contribution >= 0.6 is 7.60 Å². The topological polar surface area (TPSA) is 178 Å². The van der Waals surface area contributed by atoms with Crippen LogP contribution in [-0.2, 0) is 37.0 Å². The van der Waals surface area contributed by atoms with Gasteiger partial charge in [0.25, 0.3) is 0 Å². The number of hydrogen-bond donors (Lipinski definition) is 4. The van der Waals surface area contributed by atoms with Gasteiger partial charge in [0.05, 0.1) is 18.6 Å². The van der Waals surface area contributed by atoms with E-state index < -0.39 is 41.7 Å². The second kappa shape index (κ2) is 23.9. The van der Waals surface area contributed by atoms with Crippen molar-refractivity contribution in [3.05, 3.63) is 83.4 Å². The van der Waals surface area contributed by atoms with Crippen LogP contribution in [0, 0.1) is 0 Å². The molecule has 12 nitrogen and oxygen atoms in total. The predicted octanol–water partition coefficient (Wildman–Crippen LogP) is 8.29. The predicted molar refractivity (Wildman–Crippen MR) is 210 cm³/mol. The minimum absolute atomic E-state index is 0.0213. The molecule has 1 amide bonds. The van der Waals surface area contributed by atoms with Crippen LogP contribution in [0.1, 0.15) is 105 Å². The Kier molecular flexibility index (Phi) is 19.8. The second-order valence-corrected chi connectivity index (χ2v) is 16.9. The third kappa shape index (κ3) is 15.8. The number of halogens is 2. The number of methoxy groups -OCH3 is 1. The quantitative estimate of drug-likeness (QED) is 0.0332. The first kappa shape index (κ1) is 46.3. The average Bonchev–Trinajstić information content (AvgIpc) is 3.17. The van der Waals surface area contributed by atoms with Crippen molar-refractivity contribution in [1.29, 1.82) is 0 Å². The summed E-state index contributed by atoms with van der Waals surface area (Å²) in [6, 6.07) is 14.7. The van der Waals surface area contributed by atoms with Crippen molar-refractivity contribution < 1.29 is 55.4 Å². The number of sulfonamides is 1. The summed E-state index contributed by atoms with van der Waals surface area (Å²) in [6.45, 7) is 2.49. The Balaban J connectivity index is 1.60. The van der Waals surface area contributed by atoms with Crippen molar-refractivity contribution in [2.24, 2.45) is 0 Å². The fourth-order valence-electron chi connectivity index (χ4n) is 5.90. The molecule has 16 heteroatoms. The Morgan fingerprint density at radius 3 is 2.04 bits per heavy atom. The van der Waals surface area contributed by atoms with E-state index in [1.807, 2.05) is 0 Å². The fraction of sp³-hybridized carbons (Fsp3) is 0.500. The van der Waals surface area contributed by atoms with Crippen LogP contribution in [0.25, 0.3) is 0 Å². The number of esters is 1. The zero-order valence-electron chi connectivity index (χ0n) is 32.1. The minimum Gasteiger partial charge on any atom is -0.507 e. The number of carbonyl (C=O) groups excluding carboxylic acids is 2. The molecular weight excluding hydrogens is 769 g/mol. The molecule has 2 atom stereocenters. The first-order valence-corrected chi connectivity index (χ1v) is 22.2. The van der Waals surface area contributed by atoms with Gasteiger partial charge >= 0.3 is 19.7 Å². The van der Waals surface area contributed by atoms with Gasteiger partial charge in [-0.05, 0) is 79.6 Å². The van der Waals surface area contributed by atoms with Crippen molar-refractivity contribution in [3.63, 3.8) is 0 Å². The molecule has 0 saturated carbocycles. The molecule has 0 bridgehead atoms. The highest BCUT2D eigenvalue weighted by Gasteiger charge is 2.34. The molecule has 0 aliphatic heterocycles. The van der Waals surface area contributed by atoms with Crippen LogP contribution in [0.4, 0.5) is 8.78 Å². The Morgan fingerprint density at radius 1 is 0.821 bits per heavy atom. The number of hydrogen-bond acceptors (Lipinski definition) is 9. The number of amides is 1. The maximum atomic E-state index is 13.5. The summed E-state index contributed by atoms with van der Waals surface area (Å²) < 4.78 is 81.7. The largest absolute Gasteiger partial charge is 0.507 e. The van der Waals surface area contributed by atoms with Crippen LogP contribution in [0.5, 0.6) is 17.2 Å². The van der Waals surface area contributed by atoms with Crippen molar-refractivity contribution in [2.75, 3.05) is 20.3 Å². The molecule has 0 radical (unpaired) electrons. The molecule has 3 rings (SSSR count). The summed E-state index contributed by atoms with van der Waals surface area (Å²) >= 11 is 0. The number of nitrogens with one attached hydrogen (secondary N) is 2. The van der Waals surface area contributed by atoms with Gasteiger partial charge < -0.3 is 29.3 Å². The van der Waals surface area contributed by atoms with E-state index in [1.165, 1.54) is 113 Å². The summed E-state index contributed by atoms with van der Waals surface area (Å²) in [6.07, 6.45) is 10.1. The highest BCUT2D eigenvalue weighted by atomic mass is 32.2. The zero-order chi connectivity index (χ0) is 41.0. The van der Waals surface area contributed by atoms with Crippen molar-refractivity contribution in [3.8, 4) is 17.2 Å². The Bertz CT molecular complexity index is 1810. The number of carbonyl (C=O) groups is 2. The number of rotatable bonds is 27. The van der Waals surface area contributed by atoms with E-state index >= 15 is 0 Å². The average molecular weight is 825 g/mol. The van der Waals surface area contributed by atoms with E-state index in [0.717, 1.165) is 24.8 Å². The zero-order valence-corrected chi connectivity index (χ0v) is 33.8. The molecule has 0 heterocycles. The minimum atomic E-state index is -5.21. The summed E-state index contributed by atoms with van der Waals surface area (Å²) in [5.41, 5.74) is 1.31. The molecule has 3 aromatic carbocycles. The van der Waals surface area contributed by atoms with E-state index in [1.54, 1.807) is 12.1 Å². The van der Waals surface area contributed by atoms with Crippen LogP contribution < -0.4 is 19.3 Å². The van der Waals surface area contributed by atoms with E-state index in [9.17, 15) is 41.4 Å². The molecule has 0 fully saturated rings. The number of phenolic OH excluding ortho intramolecular Hbond substituents is 1. The molecule has 4 N–H and O–H groups in total. The number of unbranched alkanes of at least 4 members (excludes halogenated alkanes) is 10. The Labute approximate surface area is 328 Å². The Hall–Kier alpha value is -4.04. The molecule has 0 aliphatic rings. The van der Waals surface area contributed by atoms with Crippen molar-refractivity contribution in [2.45, 2.75) is 114 Å². The van der Waals surface area contributed by atoms with Crippen molar-refractivity contribution in [1.82, 2.24) is 10.0 Å². The van der Waals surface area contributed by atoms with Gasteiger partial charge in [-0.15, -0.1) is 0 Å². The standard InChI is InChI=1S/C40H55F2N2O10PS/c1-3-4-5-6-7-8-9-10-11-12-16-30-21-25-33(26-22-30)56(50,51)44-34(29-31-19-23-32(24-20-31)54-55(48,49)40(41)42)38(46)43-27-13-14-28-53-36-18-15-17-35(45)37(36)39(47)52-2/h15,17-26,34,40,44-45H,3-14,16,27-29H2,1-2H3,(H,43,46)(H,48,49)/t34-/m0/s1. The van der Waals surface area contributed by atoms with Crippen LogP contribution in [0.15, 0.2) is 71.6 Å². The first-order chi connectivity index (χ1) is 26.8. The molecule has 3 aromatic rings.